The molecule has 9 heteroatoms. The number of hydrogen-bond donors (Lipinski definition) is 1. The van der Waals surface area contributed by atoms with E-state index in [-0.39, 0.29) is 30.0 Å². The number of aromatic nitrogens is 1. The van der Waals surface area contributed by atoms with Crippen LogP contribution in [0.2, 0.25) is 0 Å². The Kier molecular flexibility index (Phi) is 9.63. The van der Waals surface area contributed by atoms with Crippen molar-refractivity contribution in [1.82, 2.24) is 19.1 Å². The molecular weight excluding hydrogens is 501 g/mol. The third kappa shape index (κ3) is 6.45. The first-order valence-corrected chi connectivity index (χ1v) is 10.7. The lowest BCUT2D eigenvalue weighted by molar-refractivity contribution is 0.410. The number of aliphatic imine (C=N–C) groups is 1. The van der Waals surface area contributed by atoms with Gasteiger partial charge in [-0.3, -0.25) is 4.99 Å². The van der Waals surface area contributed by atoms with Gasteiger partial charge in [0.1, 0.15) is 0 Å². The molecule has 0 atom stereocenters. The molecule has 0 aliphatic carbocycles. The second-order valence-electron chi connectivity index (χ2n) is 7.13. The van der Waals surface area contributed by atoms with Crippen LogP contribution < -0.4 is 5.32 Å². The summed E-state index contributed by atoms with van der Waals surface area (Å²) in [6.07, 6.45) is 2.02. The van der Waals surface area contributed by atoms with Gasteiger partial charge in [0.05, 0.1) is 11.4 Å². The molecule has 7 nitrogen and oxygen atoms in total. The molecule has 0 saturated heterocycles. The Labute approximate surface area is 191 Å². The Morgan fingerprint density at radius 3 is 2.28 bits per heavy atom. The van der Waals surface area contributed by atoms with Crippen LogP contribution in [0.3, 0.4) is 0 Å². The summed E-state index contributed by atoms with van der Waals surface area (Å²) >= 11 is 0. The van der Waals surface area contributed by atoms with E-state index in [1.54, 1.807) is 26.2 Å². The molecule has 0 spiro atoms. The highest BCUT2D eigenvalue weighted by atomic mass is 127. The van der Waals surface area contributed by atoms with Gasteiger partial charge < -0.3 is 14.8 Å². The van der Waals surface area contributed by atoms with Gasteiger partial charge in [-0.1, -0.05) is 12.1 Å². The van der Waals surface area contributed by atoms with Crippen LogP contribution in [0, 0.1) is 0 Å². The van der Waals surface area contributed by atoms with Crippen molar-refractivity contribution in [1.29, 1.82) is 0 Å². The topological polar surface area (TPSA) is 69.9 Å². The summed E-state index contributed by atoms with van der Waals surface area (Å²) in [5.41, 5.74) is 2.17. The van der Waals surface area contributed by atoms with Gasteiger partial charge in [0, 0.05) is 52.7 Å². The first-order chi connectivity index (χ1) is 13.2. The molecular formula is C20H32IN5O2S. The summed E-state index contributed by atoms with van der Waals surface area (Å²) < 4.78 is 28.6. The molecule has 0 bridgehead atoms. The maximum absolute atomic E-state index is 12.5. The molecule has 0 aliphatic heterocycles. The minimum Gasteiger partial charge on any atom is -0.353 e. The van der Waals surface area contributed by atoms with Crippen LogP contribution in [0.5, 0.6) is 0 Å². The van der Waals surface area contributed by atoms with Crippen LogP contribution in [0.1, 0.15) is 25.1 Å². The lowest BCUT2D eigenvalue weighted by Gasteiger charge is -2.23. The maximum Gasteiger partial charge on any atom is 0.243 e. The number of halogens is 1. The van der Waals surface area contributed by atoms with Crippen molar-refractivity contribution >= 4 is 40.0 Å². The molecule has 0 radical (unpaired) electrons. The van der Waals surface area contributed by atoms with Crippen molar-refractivity contribution in [2.24, 2.45) is 12.0 Å². The van der Waals surface area contributed by atoms with Gasteiger partial charge in [0.15, 0.2) is 5.96 Å². The number of nitrogens with zero attached hydrogens (tertiary/aromatic N) is 4. The van der Waals surface area contributed by atoms with Gasteiger partial charge in [-0.15, -0.1) is 24.0 Å². The van der Waals surface area contributed by atoms with E-state index < -0.39 is 10.0 Å². The SMILES string of the molecule is CN=C(NCc1ccc(S(=O)(=O)N(C)C(C)C)cc1)N(C)Cc1cccn1C.I. The minimum atomic E-state index is -3.46. The maximum atomic E-state index is 12.5. The molecule has 2 aromatic rings. The average molecular weight is 533 g/mol. The number of sulfonamides is 1. The Hall–Kier alpha value is -1.59. The van der Waals surface area contributed by atoms with Crippen LogP contribution in [-0.4, -0.2) is 55.3 Å². The summed E-state index contributed by atoms with van der Waals surface area (Å²) in [4.78, 5) is 6.68. The van der Waals surface area contributed by atoms with E-state index in [0.717, 1.165) is 18.1 Å². The van der Waals surface area contributed by atoms with Gasteiger partial charge >= 0.3 is 0 Å². The Morgan fingerprint density at radius 1 is 1.17 bits per heavy atom. The zero-order chi connectivity index (χ0) is 20.9. The van der Waals surface area contributed by atoms with Crippen molar-refractivity contribution in [2.45, 2.75) is 37.9 Å². The molecule has 1 aromatic heterocycles. The summed E-state index contributed by atoms with van der Waals surface area (Å²) in [6.45, 7) is 5.01. The lowest BCUT2D eigenvalue weighted by Crippen LogP contribution is -2.38. The summed E-state index contributed by atoms with van der Waals surface area (Å²) in [5.74, 6) is 0.775. The molecule has 29 heavy (non-hydrogen) atoms. The van der Waals surface area contributed by atoms with E-state index in [0.29, 0.717) is 11.4 Å². The van der Waals surface area contributed by atoms with Crippen molar-refractivity contribution < 1.29 is 8.42 Å². The van der Waals surface area contributed by atoms with E-state index in [4.69, 9.17) is 0 Å². The quantitative estimate of drug-likeness (QED) is 0.338. The second-order valence-corrected chi connectivity index (χ2v) is 9.12. The average Bonchev–Trinajstić information content (AvgIpc) is 3.06. The van der Waals surface area contributed by atoms with Crippen molar-refractivity contribution in [2.75, 3.05) is 21.1 Å². The van der Waals surface area contributed by atoms with E-state index in [9.17, 15) is 8.42 Å². The van der Waals surface area contributed by atoms with Crippen LogP contribution in [0.25, 0.3) is 0 Å². The molecule has 1 heterocycles. The smallest absolute Gasteiger partial charge is 0.243 e. The highest BCUT2D eigenvalue weighted by molar-refractivity contribution is 14.0. The van der Waals surface area contributed by atoms with Crippen molar-refractivity contribution in [3.8, 4) is 0 Å². The van der Waals surface area contributed by atoms with Gasteiger partial charge in [-0.25, -0.2) is 8.42 Å². The molecule has 0 fully saturated rings. The molecule has 0 aliphatic rings. The molecule has 0 amide bonds. The largest absolute Gasteiger partial charge is 0.353 e. The van der Waals surface area contributed by atoms with Gasteiger partial charge in [-0.2, -0.15) is 4.31 Å². The van der Waals surface area contributed by atoms with Crippen LogP contribution in [0.4, 0.5) is 0 Å². The van der Waals surface area contributed by atoms with Gasteiger partial charge in [0.2, 0.25) is 10.0 Å². The first-order valence-electron chi connectivity index (χ1n) is 9.25. The second kappa shape index (κ2) is 11.0. The highest BCUT2D eigenvalue weighted by Crippen LogP contribution is 2.17. The molecule has 2 rings (SSSR count). The predicted octanol–water partition coefficient (Wildman–Crippen LogP) is 2.88. The Balaban J connectivity index is 0.00000420. The van der Waals surface area contributed by atoms with Crippen LogP contribution >= 0.6 is 24.0 Å². The third-order valence-corrected chi connectivity index (χ3v) is 6.85. The monoisotopic (exact) mass is 533 g/mol. The number of hydrogen-bond acceptors (Lipinski definition) is 3. The van der Waals surface area contributed by atoms with Crippen LogP contribution in [0.15, 0.2) is 52.5 Å². The standard InChI is InChI=1S/C20H31N5O2S.HI/c1-16(2)25(6)28(26,27)19-11-9-17(10-12-19)14-22-20(21-3)24(5)15-18-8-7-13-23(18)4;/h7-13,16H,14-15H2,1-6H3,(H,21,22);1H. The van der Waals surface area contributed by atoms with E-state index in [1.165, 1.54) is 10.00 Å². The fourth-order valence-electron chi connectivity index (χ4n) is 2.77. The zero-order valence-electron chi connectivity index (χ0n) is 18.0. The Bertz CT molecular complexity index is 907. The molecule has 0 saturated carbocycles. The third-order valence-electron chi connectivity index (χ3n) is 4.80. The lowest BCUT2D eigenvalue weighted by atomic mass is 10.2. The number of rotatable bonds is 7. The number of aryl methyl sites for hydroxylation is 1. The fourth-order valence-corrected chi connectivity index (χ4v) is 4.14. The minimum absolute atomic E-state index is 0. The van der Waals surface area contributed by atoms with Crippen molar-refractivity contribution in [3.05, 3.63) is 53.9 Å². The van der Waals surface area contributed by atoms with Crippen LogP contribution in [-0.2, 0) is 30.2 Å². The normalized spacial score (nSPS) is 12.2. The number of nitrogens with one attached hydrogen (secondary N) is 1. The van der Waals surface area contributed by atoms with E-state index in [2.05, 4.69) is 20.9 Å². The summed E-state index contributed by atoms with van der Waals surface area (Å²) in [6, 6.07) is 11.0. The summed E-state index contributed by atoms with van der Waals surface area (Å²) in [5, 5.41) is 3.32. The molecule has 1 aromatic carbocycles. The van der Waals surface area contributed by atoms with Crippen molar-refractivity contribution in [3.63, 3.8) is 0 Å². The fraction of sp³-hybridized carbons (Fsp3) is 0.450. The molecule has 1 N–H and O–H groups in total. The predicted molar refractivity (Wildman–Crippen MR) is 129 cm³/mol. The highest BCUT2D eigenvalue weighted by Gasteiger charge is 2.22. The van der Waals surface area contributed by atoms with Gasteiger partial charge in [-0.05, 0) is 43.7 Å². The number of benzene rings is 1. The zero-order valence-corrected chi connectivity index (χ0v) is 21.1. The number of guanidine groups is 1. The first kappa shape index (κ1) is 25.4. The molecule has 162 valence electrons. The summed E-state index contributed by atoms with van der Waals surface area (Å²) in [7, 11) is 3.90. The van der Waals surface area contributed by atoms with Gasteiger partial charge in [0.25, 0.3) is 0 Å². The van der Waals surface area contributed by atoms with E-state index in [1.807, 2.05) is 57.2 Å². The molecule has 0 unspecified atom stereocenters. The van der Waals surface area contributed by atoms with E-state index >= 15 is 0 Å². The Morgan fingerprint density at radius 2 is 1.79 bits per heavy atom.